The number of piperidine rings is 1. The quantitative estimate of drug-likeness (QED) is 0.299. The Balaban J connectivity index is 1.34. The van der Waals surface area contributed by atoms with E-state index in [1.54, 1.807) is 6.33 Å². The van der Waals surface area contributed by atoms with E-state index in [-0.39, 0.29) is 17.7 Å². The second-order valence-electron chi connectivity index (χ2n) is 11.1. The highest BCUT2D eigenvalue weighted by Crippen LogP contribution is 2.33. The third kappa shape index (κ3) is 6.00. The van der Waals surface area contributed by atoms with Gasteiger partial charge in [-0.3, -0.25) is 4.79 Å². The Morgan fingerprint density at radius 1 is 1.07 bits per heavy atom. The third-order valence-corrected chi connectivity index (χ3v) is 8.48. The summed E-state index contributed by atoms with van der Waals surface area (Å²) in [6.07, 6.45) is 5.97. The maximum atomic E-state index is 14.1. The topological polar surface area (TPSA) is 76.0 Å². The lowest BCUT2D eigenvalue weighted by molar-refractivity contribution is -0.142. The molecule has 1 amide bonds. The van der Waals surface area contributed by atoms with Crippen LogP contribution in [0.3, 0.4) is 0 Å². The lowest BCUT2D eigenvalue weighted by atomic mass is 9.85. The first-order chi connectivity index (χ1) is 19.5. The van der Waals surface area contributed by atoms with Gasteiger partial charge in [-0.2, -0.15) is 5.26 Å². The molecule has 0 aliphatic carbocycles. The Kier molecular flexibility index (Phi) is 8.42. The second kappa shape index (κ2) is 12.3. The van der Waals surface area contributed by atoms with E-state index in [0.717, 1.165) is 43.7 Å². The summed E-state index contributed by atoms with van der Waals surface area (Å²) in [5.74, 6) is 0.334. The van der Waals surface area contributed by atoms with Crippen molar-refractivity contribution in [1.29, 1.82) is 5.26 Å². The van der Waals surface area contributed by atoms with Gasteiger partial charge in [-0.15, -0.1) is 0 Å². The van der Waals surface area contributed by atoms with E-state index in [0.29, 0.717) is 12.0 Å². The molecule has 2 heterocycles. The molecule has 6 heteroatoms. The van der Waals surface area contributed by atoms with Gasteiger partial charge in [0, 0.05) is 32.5 Å². The molecular weight excluding hydrogens is 494 g/mol. The van der Waals surface area contributed by atoms with Crippen LogP contribution in [0.15, 0.2) is 97.5 Å². The fraction of sp³-hybridized carbons (Fsp3) is 0.324. The number of nitriles is 1. The van der Waals surface area contributed by atoms with Gasteiger partial charge >= 0.3 is 0 Å². The summed E-state index contributed by atoms with van der Waals surface area (Å²) in [7, 11) is 1.92. The van der Waals surface area contributed by atoms with Crippen LogP contribution in [0.1, 0.15) is 53.6 Å². The van der Waals surface area contributed by atoms with Gasteiger partial charge < -0.3 is 14.8 Å². The SMILES string of the molecule is CN(C(=O)[C@H]1CCCN(CC(c2ccccc2)c2ccccc2)C1)C(C)(Cc1ccc(C#N)cc1)c1cnc[nH]1. The molecule has 4 aromatic rings. The summed E-state index contributed by atoms with van der Waals surface area (Å²) in [4.78, 5) is 26.0. The number of carbonyl (C=O) groups excluding carboxylic acids is 1. The maximum Gasteiger partial charge on any atom is 0.227 e. The summed E-state index contributed by atoms with van der Waals surface area (Å²) in [6, 6.07) is 31.2. The number of carbonyl (C=O) groups is 1. The summed E-state index contributed by atoms with van der Waals surface area (Å²) in [5.41, 5.74) is 4.58. The zero-order valence-corrected chi connectivity index (χ0v) is 23.3. The number of likely N-dealkylation sites (N-methyl/N-ethyl adjacent to an activating group) is 1. The number of aromatic amines is 1. The van der Waals surface area contributed by atoms with Gasteiger partial charge in [0.15, 0.2) is 0 Å². The number of hydrogen-bond acceptors (Lipinski definition) is 4. The molecule has 1 saturated heterocycles. The highest BCUT2D eigenvalue weighted by Gasteiger charge is 2.40. The fourth-order valence-electron chi connectivity index (χ4n) is 6.01. The van der Waals surface area contributed by atoms with Gasteiger partial charge in [-0.05, 0) is 55.1 Å². The highest BCUT2D eigenvalue weighted by atomic mass is 16.2. The summed E-state index contributed by atoms with van der Waals surface area (Å²) < 4.78 is 0. The second-order valence-corrected chi connectivity index (χ2v) is 11.1. The van der Waals surface area contributed by atoms with Crippen molar-refractivity contribution in [3.05, 3.63) is 125 Å². The largest absolute Gasteiger partial charge is 0.347 e. The van der Waals surface area contributed by atoms with Gasteiger partial charge in [-0.1, -0.05) is 72.8 Å². The van der Waals surface area contributed by atoms with Crippen molar-refractivity contribution in [3.63, 3.8) is 0 Å². The molecule has 1 N–H and O–H groups in total. The zero-order chi connectivity index (χ0) is 28.0. The zero-order valence-electron chi connectivity index (χ0n) is 23.3. The molecule has 2 atom stereocenters. The summed E-state index contributed by atoms with van der Waals surface area (Å²) >= 11 is 0. The molecule has 1 fully saturated rings. The Bertz CT molecular complexity index is 1370. The average molecular weight is 532 g/mol. The van der Waals surface area contributed by atoms with E-state index in [4.69, 9.17) is 0 Å². The maximum absolute atomic E-state index is 14.1. The van der Waals surface area contributed by atoms with Crippen molar-refractivity contribution in [1.82, 2.24) is 19.8 Å². The number of H-pyrrole nitrogens is 1. The molecule has 1 unspecified atom stereocenters. The Hall–Kier alpha value is -4.21. The van der Waals surface area contributed by atoms with E-state index < -0.39 is 5.54 Å². The minimum absolute atomic E-state index is 0.0749. The standard InChI is InChI=1S/C34H37N5O/c1-34(32-22-36-25-37-32,20-26-15-17-27(21-35)18-16-26)38(2)33(40)30-14-9-19-39(23-30)24-31(28-10-5-3-6-11-28)29-12-7-4-8-13-29/h3-8,10-13,15-18,22,25,30-31H,9,14,19-20,23-24H2,1-2H3,(H,36,37)/t30-,34?/m0/s1. The van der Waals surface area contributed by atoms with E-state index in [2.05, 4.69) is 88.5 Å². The molecule has 1 aliphatic heterocycles. The van der Waals surface area contributed by atoms with Gasteiger partial charge in [-0.25, -0.2) is 4.98 Å². The Morgan fingerprint density at radius 2 is 1.73 bits per heavy atom. The number of imidazole rings is 1. The number of hydrogen-bond donors (Lipinski definition) is 1. The van der Waals surface area contributed by atoms with Crippen LogP contribution in [0.25, 0.3) is 0 Å². The van der Waals surface area contributed by atoms with E-state index in [1.807, 2.05) is 42.4 Å². The molecule has 3 aromatic carbocycles. The van der Waals surface area contributed by atoms with Crippen molar-refractivity contribution >= 4 is 5.91 Å². The van der Waals surface area contributed by atoms with Crippen molar-refractivity contribution in [2.75, 3.05) is 26.7 Å². The van der Waals surface area contributed by atoms with Gasteiger partial charge in [0.05, 0.1) is 41.3 Å². The normalized spacial score (nSPS) is 17.2. The van der Waals surface area contributed by atoms with Gasteiger partial charge in [0.2, 0.25) is 5.91 Å². The number of benzene rings is 3. The number of amides is 1. The molecule has 0 spiro atoms. The molecular formula is C34H37N5O. The molecule has 0 bridgehead atoms. The number of rotatable bonds is 9. The summed E-state index contributed by atoms with van der Waals surface area (Å²) in [5, 5.41) is 9.20. The highest BCUT2D eigenvalue weighted by molar-refractivity contribution is 5.80. The number of aromatic nitrogens is 2. The van der Waals surface area contributed by atoms with Crippen LogP contribution in [0.4, 0.5) is 0 Å². The molecule has 0 radical (unpaired) electrons. The monoisotopic (exact) mass is 531 g/mol. The number of nitrogens with one attached hydrogen (secondary N) is 1. The molecule has 40 heavy (non-hydrogen) atoms. The number of likely N-dealkylation sites (tertiary alicyclic amines) is 1. The van der Waals surface area contributed by atoms with Crippen LogP contribution in [-0.4, -0.2) is 52.4 Å². The average Bonchev–Trinajstić information content (AvgIpc) is 3.57. The van der Waals surface area contributed by atoms with Crippen LogP contribution >= 0.6 is 0 Å². The minimum atomic E-state index is -0.610. The van der Waals surface area contributed by atoms with E-state index in [9.17, 15) is 10.1 Å². The summed E-state index contributed by atoms with van der Waals surface area (Å²) in [6.45, 7) is 4.71. The molecule has 0 saturated carbocycles. The van der Waals surface area contributed by atoms with Crippen molar-refractivity contribution < 1.29 is 4.79 Å². The molecule has 1 aromatic heterocycles. The van der Waals surface area contributed by atoms with E-state index >= 15 is 0 Å². The molecule has 204 valence electrons. The smallest absolute Gasteiger partial charge is 0.227 e. The van der Waals surface area contributed by atoms with Crippen LogP contribution in [0, 0.1) is 17.2 Å². The first-order valence-electron chi connectivity index (χ1n) is 14.1. The fourth-order valence-corrected chi connectivity index (χ4v) is 6.01. The predicted molar refractivity (Wildman–Crippen MR) is 157 cm³/mol. The third-order valence-electron chi connectivity index (χ3n) is 8.48. The minimum Gasteiger partial charge on any atom is -0.347 e. The van der Waals surface area contributed by atoms with Gasteiger partial charge in [0.25, 0.3) is 0 Å². The Morgan fingerprint density at radius 3 is 2.30 bits per heavy atom. The van der Waals surface area contributed by atoms with Crippen molar-refractivity contribution in [2.24, 2.45) is 5.92 Å². The van der Waals surface area contributed by atoms with E-state index in [1.165, 1.54) is 11.1 Å². The van der Waals surface area contributed by atoms with Crippen LogP contribution in [-0.2, 0) is 16.8 Å². The molecule has 1 aliphatic rings. The first kappa shape index (κ1) is 27.4. The number of nitrogens with zero attached hydrogens (tertiary/aromatic N) is 4. The molecule has 5 rings (SSSR count). The Labute approximate surface area is 237 Å². The lowest BCUT2D eigenvalue weighted by Crippen LogP contribution is -2.52. The van der Waals surface area contributed by atoms with Crippen LogP contribution in [0.2, 0.25) is 0 Å². The van der Waals surface area contributed by atoms with Crippen molar-refractivity contribution in [2.45, 2.75) is 37.6 Å². The lowest BCUT2D eigenvalue weighted by Gasteiger charge is -2.42. The van der Waals surface area contributed by atoms with Crippen LogP contribution in [0.5, 0.6) is 0 Å². The van der Waals surface area contributed by atoms with Crippen LogP contribution < -0.4 is 0 Å². The van der Waals surface area contributed by atoms with Gasteiger partial charge in [0.1, 0.15) is 0 Å². The predicted octanol–water partition coefficient (Wildman–Crippen LogP) is 5.74. The van der Waals surface area contributed by atoms with Crippen molar-refractivity contribution in [3.8, 4) is 6.07 Å². The first-order valence-corrected chi connectivity index (χ1v) is 14.1. The molecule has 6 nitrogen and oxygen atoms in total.